The second kappa shape index (κ2) is 7.70. The Kier molecular flexibility index (Phi) is 5.65. The van der Waals surface area contributed by atoms with Crippen molar-refractivity contribution in [3.8, 4) is 0 Å². The van der Waals surface area contributed by atoms with E-state index in [-0.39, 0.29) is 11.6 Å². The third-order valence-corrected chi connectivity index (χ3v) is 3.38. The van der Waals surface area contributed by atoms with Crippen LogP contribution in [0, 0.1) is 10.1 Å². The first kappa shape index (κ1) is 15.4. The average molecular weight is 293 g/mol. The average Bonchev–Trinajstić information content (AvgIpc) is 2.52. The van der Waals surface area contributed by atoms with E-state index in [1.165, 1.54) is 24.3 Å². The van der Waals surface area contributed by atoms with Gasteiger partial charge in [-0.15, -0.1) is 0 Å². The Morgan fingerprint density at radius 1 is 1.29 bits per heavy atom. The van der Waals surface area contributed by atoms with Gasteiger partial charge in [-0.2, -0.15) is 0 Å². The van der Waals surface area contributed by atoms with Crippen molar-refractivity contribution in [2.75, 3.05) is 39.4 Å². The molecule has 0 spiro atoms. The Morgan fingerprint density at radius 2 is 1.95 bits per heavy atom. The predicted octanol–water partition coefficient (Wildman–Crippen LogP) is 1.05. The first-order valence-electron chi connectivity index (χ1n) is 6.99. The molecule has 2 rings (SSSR count). The molecule has 1 aromatic carbocycles. The molecule has 0 bridgehead atoms. The second-order valence-corrected chi connectivity index (χ2v) is 4.87. The molecule has 1 aromatic rings. The zero-order chi connectivity index (χ0) is 15.1. The van der Waals surface area contributed by atoms with E-state index in [1.54, 1.807) is 0 Å². The van der Waals surface area contributed by atoms with Gasteiger partial charge in [-0.25, -0.2) is 0 Å². The number of carbonyl (C=O) groups is 1. The molecular weight excluding hydrogens is 274 g/mol. The normalized spacial score (nSPS) is 15.6. The van der Waals surface area contributed by atoms with Gasteiger partial charge in [0.15, 0.2) is 0 Å². The minimum atomic E-state index is -0.482. The number of hydrogen-bond acceptors (Lipinski definition) is 5. The van der Waals surface area contributed by atoms with E-state index in [4.69, 9.17) is 4.74 Å². The number of nitrogens with one attached hydrogen (secondary N) is 1. The fourth-order valence-corrected chi connectivity index (χ4v) is 2.17. The van der Waals surface area contributed by atoms with Crippen LogP contribution < -0.4 is 5.32 Å². The predicted molar refractivity (Wildman–Crippen MR) is 77.3 cm³/mol. The van der Waals surface area contributed by atoms with E-state index < -0.39 is 4.92 Å². The summed E-state index contributed by atoms with van der Waals surface area (Å²) in [7, 11) is 0. The highest BCUT2D eigenvalue weighted by molar-refractivity contribution is 5.94. The number of carbonyl (C=O) groups excluding carboxylic acids is 1. The van der Waals surface area contributed by atoms with Gasteiger partial charge >= 0.3 is 0 Å². The molecule has 0 atom stereocenters. The molecule has 0 aliphatic carbocycles. The van der Waals surface area contributed by atoms with Crippen LogP contribution in [0.15, 0.2) is 24.3 Å². The fourth-order valence-electron chi connectivity index (χ4n) is 2.17. The van der Waals surface area contributed by atoms with E-state index in [0.29, 0.717) is 12.1 Å². The number of nitro benzene ring substituents is 1. The summed E-state index contributed by atoms with van der Waals surface area (Å²) in [5.41, 5.74) is 0.422. The summed E-state index contributed by atoms with van der Waals surface area (Å²) >= 11 is 0. The lowest BCUT2D eigenvalue weighted by atomic mass is 10.2. The lowest BCUT2D eigenvalue weighted by molar-refractivity contribution is -0.384. The second-order valence-electron chi connectivity index (χ2n) is 4.87. The number of nitro groups is 1. The Hall–Kier alpha value is -1.99. The smallest absolute Gasteiger partial charge is 0.269 e. The molecule has 1 saturated heterocycles. The Bertz CT molecular complexity index is 483. The highest BCUT2D eigenvalue weighted by Gasteiger charge is 2.11. The number of non-ortho nitro benzene ring substituents is 1. The molecule has 0 aromatic heterocycles. The number of hydrogen-bond donors (Lipinski definition) is 1. The van der Waals surface area contributed by atoms with Crippen LogP contribution >= 0.6 is 0 Å². The molecular formula is C14H19N3O4. The Labute approximate surface area is 123 Å². The molecule has 1 amide bonds. The number of nitrogens with zero attached hydrogens (tertiary/aromatic N) is 2. The maximum absolute atomic E-state index is 11.9. The van der Waals surface area contributed by atoms with Crippen LogP contribution in [0.5, 0.6) is 0 Å². The van der Waals surface area contributed by atoms with E-state index in [0.717, 1.165) is 39.3 Å². The molecule has 1 N–H and O–H groups in total. The maximum atomic E-state index is 11.9. The quantitative estimate of drug-likeness (QED) is 0.481. The third kappa shape index (κ3) is 4.80. The molecule has 0 radical (unpaired) electrons. The zero-order valence-corrected chi connectivity index (χ0v) is 11.8. The van der Waals surface area contributed by atoms with Gasteiger partial charge in [-0.3, -0.25) is 19.8 Å². The van der Waals surface area contributed by atoms with Crippen molar-refractivity contribution in [2.24, 2.45) is 0 Å². The molecule has 1 fully saturated rings. The molecule has 1 aliphatic rings. The van der Waals surface area contributed by atoms with Crippen LogP contribution in [0.1, 0.15) is 16.8 Å². The molecule has 7 heteroatoms. The van der Waals surface area contributed by atoms with Crippen molar-refractivity contribution in [2.45, 2.75) is 6.42 Å². The third-order valence-electron chi connectivity index (χ3n) is 3.38. The summed E-state index contributed by atoms with van der Waals surface area (Å²) in [6, 6.07) is 5.61. The van der Waals surface area contributed by atoms with Gasteiger partial charge in [0, 0.05) is 37.3 Å². The van der Waals surface area contributed by atoms with Crippen molar-refractivity contribution in [3.05, 3.63) is 39.9 Å². The summed E-state index contributed by atoms with van der Waals surface area (Å²) in [6.07, 6.45) is 0.874. The van der Waals surface area contributed by atoms with Crippen LogP contribution in [-0.2, 0) is 4.74 Å². The van der Waals surface area contributed by atoms with Gasteiger partial charge in [0.1, 0.15) is 0 Å². The SMILES string of the molecule is O=C(NCCCN1CCOCC1)c1ccc([N+](=O)[O-])cc1. The van der Waals surface area contributed by atoms with Gasteiger partial charge in [-0.1, -0.05) is 0 Å². The van der Waals surface area contributed by atoms with Gasteiger partial charge in [0.2, 0.25) is 0 Å². The fraction of sp³-hybridized carbons (Fsp3) is 0.500. The number of benzene rings is 1. The first-order chi connectivity index (χ1) is 10.2. The first-order valence-corrected chi connectivity index (χ1v) is 6.99. The van der Waals surface area contributed by atoms with E-state index >= 15 is 0 Å². The Morgan fingerprint density at radius 3 is 2.57 bits per heavy atom. The minimum Gasteiger partial charge on any atom is -0.379 e. The standard InChI is InChI=1S/C14H19N3O4/c18-14(12-2-4-13(5-3-12)17(19)20)15-6-1-7-16-8-10-21-11-9-16/h2-5H,1,6-11H2,(H,15,18). The molecule has 7 nitrogen and oxygen atoms in total. The van der Waals surface area contributed by atoms with E-state index in [2.05, 4.69) is 10.2 Å². The van der Waals surface area contributed by atoms with Gasteiger partial charge in [0.25, 0.3) is 11.6 Å². The molecule has 0 unspecified atom stereocenters. The van der Waals surface area contributed by atoms with Crippen molar-refractivity contribution >= 4 is 11.6 Å². The summed E-state index contributed by atoms with van der Waals surface area (Å²) in [5.74, 6) is -0.202. The topological polar surface area (TPSA) is 84.7 Å². The molecule has 1 aliphatic heterocycles. The van der Waals surface area contributed by atoms with Crippen LogP contribution in [0.2, 0.25) is 0 Å². The monoisotopic (exact) mass is 293 g/mol. The molecule has 114 valence electrons. The summed E-state index contributed by atoms with van der Waals surface area (Å²) in [5, 5.41) is 13.4. The lowest BCUT2D eigenvalue weighted by Gasteiger charge is -2.26. The van der Waals surface area contributed by atoms with Crippen molar-refractivity contribution in [1.29, 1.82) is 0 Å². The summed E-state index contributed by atoms with van der Waals surface area (Å²) < 4.78 is 5.27. The number of ether oxygens (including phenoxy) is 1. The Balaban J connectivity index is 1.70. The number of morpholine rings is 1. The van der Waals surface area contributed by atoms with Gasteiger partial charge < -0.3 is 10.1 Å². The van der Waals surface area contributed by atoms with Crippen molar-refractivity contribution in [1.82, 2.24) is 10.2 Å². The largest absolute Gasteiger partial charge is 0.379 e. The van der Waals surface area contributed by atoms with Crippen LogP contribution in [-0.4, -0.2) is 55.1 Å². The van der Waals surface area contributed by atoms with E-state index in [9.17, 15) is 14.9 Å². The molecule has 1 heterocycles. The van der Waals surface area contributed by atoms with Crippen LogP contribution in [0.3, 0.4) is 0 Å². The summed E-state index contributed by atoms with van der Waals surface area (Å²) in [4.78, 5) is 24.2. The van der Waals surface area contributed by atoms with Gasteiger partial charge in [0.05, 0.1) is 18.1 Å². The van der Waals surface area contributed by atoms with Crippen molar-refractivity contribution in [3.63, 3.8) is 0 Å². The van der Waals surface area contributed by atoms with Gasteiger partial charge in [-0.05, 0) is 25.1 Å². The lowest BCUT2D eigenvalue weighted by Crippen LogP contribution is -2.38. The highest BCUT2D eigenvalue weighted by atomic mass is 16.6. The van der Waals surface area contributed by atoms with E-state index in [1.807, 2.05) is 0 Å². The molecule has 0 saturated carbocycles. The highest BCUT2D eigenvalue weighted by Crippen LogP contribution is 2.11. The maximum Gasteiger partial charge on any atom is 0.269 e. The number of rotatable bonds is 6. The van der Waals surface area contributed by atoms with Crippen LogP contribution in [0.4, 0.5) is 5.69 Å². The molecule has 21 heavy (non-hydrogen) atoms. The zero-order valence-electron chi connectivity index (χ0n) is 11.8. The summed E-state index contributed by atoms with van der Waals surface area (Å²) in [6.45, 7) is 4.95. The number of amides is 1. The van der Waals surface area contributed by atoms with Crippen LogP contribution in [0.25, 0.3) is 0 Å². The minimum absolute atomic E-state index is 0.0149. The van der Waals surface area contributed by atoms with Crippen molar-refractivity contribution < 1.29 is 14.5 Å².